The van der Waals surface area contributed by atoms with E-state index in [4.69, 9.17) is 4.74 Å². The molecular weight excluding hydrogens is 319 g/mol. The molecule has 5 heteroatoms. The van der Waals surface area contributed by atoms with Crippen LogP contribution in [0.2, 0.25) is 0 Å². The van der Waals surface area contributed by atoms with Crippen molar-refractivity contribution in [2.75, 3.05) is 37.7 Å². The van der Waals surface area contributed by atoms with Crippen LogP contribution in [-0.2, 0) is 0 Å². The van der Waals surface area contributed by atoms with E-state index in [0.717, 1.165) is 30.1 Å². The average Bonchev–Trinajstić information content (AvgIpc) is 2.64. The summed E-state index contributed by atoms with van der Waals surface area (Å²) in [4.78, 5) is 16.7. The number of rotatable bonds is 4. The minimum absolute atomic E-state index is 0.102. The number of para-hydroxylation sites is 2. The van der Waals surface area contributed by atoms with Gasteiger partial charge < -0.3 is 14.5 Å². The molecule has 0 N–H and O–H groups in total. The highest BCUT2D eigenvalue weighted by molar-refractivity contribution is 5.95. The number of halogens is 1. The molecule has 1 heterocycles. The van der Waals surface area contributed by atoms with Crippen molar-refractivity contribution in [1.82, 2.24) is 4.90 Å². The Labute approximate surface area is 147 Å². The molecule has 1 aliphatic heterocycles. The molecule has 1 amide bonds. The number of carbonyl (C=O) groups excluding carboxylic acids is 1. The predicted molar refractivity (Wildman–Crippen MR) is 96.9 cm³/mol. The molecule has 2 aromatic carbocycles. The van der Waals surface area contributed by atoms with Crippen molar-refractivity contribution >= 4 is 11.6 Å². The number of anilines is 1. The molecule has 1 saturated heterocycles. The highest BCUT2D eigenvalue weighted by atomic mass is 19.1. The molecule has 3 rings (SSSR count). The van der Waals surface area contributed by atoms with Gasteiger partial charge in [0, 0.05) is 31.7 Å². The predicted octanol–water partition coefficient (Wildman–Crippen LogP) is 3.50. The van der Waals surface area contributed by atoms with Gasteiger partial charge in [-0.15, -0.1) is 0 Å². The van der Waals surface area contributed by atoms with Crippen molar-refractivity contribution in [3.05, 3.63) is 59.4 Å². The van der Waals surface area contributed by atoms with Gasteiger partial charge in [-0.2, -0.15) is 0 Å². The van der Waals surface area contributed by atoms with Gasteiger partial charge in [0.15, 0.2) is 0 Å². The number of nitrogens with zero attached hydrogens (tertiary/aromatic N) is 2. The van der Waals surface area contributed by atoms with E-state index in [-0.39, 0.29) is 11.7 Å². The zero-order valence-electron chi connectivity index (χ0n) is 14.7. The second-order valence-electron chi connectivity index (χ2n) is 6.14. The number of piperazine rings is 1. The van der Waals surface area contributed by atoms with Gasteiger partial charge in [-0.1, -0.05) is 18.2 Å². The molecule has 0 spiro atoms. The second-order valence-corrected chi connectivity index (χ2v) is 6.14. The molecule has 0 radical (unpaired) electrons. The molecule has 2 aromatic rings. The van der Waals surface area contributed by atoms with Crippen LogP contribution in [-0.4, -0.2) is 43.6 Å². The molecule has 4 nitrogen and oxygen atoms in total. The molecule has 0 saturated carbocycles. The molecular formula is C20H23FN2O2. The summed E-state index contributed by atoms with van der Waals surface area (Å²) in [6.07, 6.45) is 0. The summed E-state index contributed by atoms with van der Waals surface area (Å²) in [5.41, 5.74) is 2.30. The zero-order chi connectivity index (χ0) is 17.8. The Kier molecular flexibility index (Phi) is 5.22. The van der Waals surface area contributed by atoms with E-state index in [1.807, 2.05) is 38.1 Å². The topological polar surface area (TPSA) is 32.8 Å². The van der Waals surface area contributed by atoms with Crippen LogP contribution in [0.4, 0.5) is 10.1 Å². The van der Waals surface area contributed by atoms with Crippen LogP contribution in [0.15, 0.2) is 42.5 Å². The molecule has 0 unspecified atom stereocenters. The fraction of sp³-hybridized carbons (Fsp3) is 0.350. The van der Waals surface area contributed by atoms with Gasteiger partial charge in [0.1, 0.15) is 11.6 Å². The third kappa shape index (κ3) is 3.76. The van der Waals surface area contributed by atoms with E-state index >= 15 is 0 Å². The minimum Gasteiger partial charge on any atom is -0.492 e. The quantitative estimate of drug-likeness (QED) is 0.853. The largest absolute Gasteiger partial charge is 0.492 e. The summed E-state index contributed by atoms with van der Waals surface area (Å²) in [7, 11) is 0. The van der Waals surface area contributed by atoms with Gasteiger partial charge in [0.05, 0.1) is 12.3 Å². The first kappa shape index (κ1) is 17.3. The summed E-state index contributed by atoms with van der Waals surface area (Å²) in [6.45, 7) is 7.09. The molecule has 0 aliphatic carbocycles. The molecule has 0 aromatic heterocycles. The normalized spacial score (nSPS) is 14.5. The van der Waals surface area contributed by atoms with E-state index in [0.29, 0.717) is 25.3 Å². The van der Waals surface area contributed by atoms with E-state index in [1.165, 1.54) is 12.1 Å². The SMILES string of the molecule is CCOc1ccccc1N1CCN(C(=O)c2cc(F)ccc2C)CC1. The average molecular weight is 342 g/mol. The van der Waals surface area contributed by atoms with Gasteiger partial charge in [-0.25, -0.2) is 4.39 Å². The summed E-state index contributed by atoms with van der Waals surface area (Å²) in [6, 6.07) is 12.3. The standard InChI is InChI=1S/C20H23FN2O2/c1-3-25-19-7-5-4-6-18(19)22-10-12-23(13-11-22)20(24)17-14-16(21)9-8-15(17)2/h4-9,14H,3,10-13H2,1-2H3. The molecule has 132 valence electrons. The first-order valence-electron chi connectivity index (χ1n) is 8.62. The van der Waals surface area contributed by atoms with Gasteiger partial charge in [0.2, 0.25) is 0 Å². The van der Waals surface area contributed by atoms with Crippen LogP contribution >= 0.6 is 0 Å². The molecule has 0 atom stereocenters. The lowest BCUT2D eigenvalue weighted by atomic mass is 10.1. The van der Waals surface area contributed by atoms with Crippen LogP contribution in [0.5, 0.6) is 5.75 Å². The van der Waals surface area contributed by atoms with Crippen molar-refractivity contribution in [2.24, 2.45) is 0 Å². The summed E-state index contributed by atoms with van der Waals surface area (Å²) in [5, 5.41) is 0. The monoisotopic (exact) mass is 342 g/mol. The van der Waals surface area contributed by atoms with Crippen LogP contribution in [0, 0.1) is 12.7 Å². The Morgan fingerprint density at radius 3 is 2.56 bits per heavy atom. The molecule has 1 fully saturated rings. The van der Waals surface area contributed by atoms with E-state index in [9.17, 15) is 9.18 Å². The van der Waals surface area contributed by atoms with Crippen LogP contribution in [0.25, 0.3) is 0 Å². The first-order valence-corrected chi connectivity index (χ1v) is 8.62. The third-order valence-corrected chi connectivity index (χ3v) is 4.50. The third-order valence-electron chi connectivity index (χ3n) is 4.50. The summed E-state index contributed by atoms with van der Waals surface area (Å²) >= 11 is 0. The van der Waals surface area contributed by atoms with Crippen LogP contribution in [0.3, 0.4) is 0 Å². The Morgan fingerprint density at radius 1 is 1.12 bits per heavy atom. The van der Waals surface area contributed by atoms with Crippen molar-refractivity contribution < 1.29 is 13.9 Å². The maximum Gasteiger partial charge on any atom is 0.254 e. The van der Waals surface area contributed by atoms with Crippen LogP contribution < -0.4 is 9.64 Å². The van der Waals surface area contributed by atoms with Crippen molar-refractivity contribution in [2.45, 2.75) is 13.8 Å². The second kappa shape index (κ2) is 7.55. The van der Waals surface area contributed by atoms with Gasteiger partial charge in [-0.05, 0) is 43.7 Å². The van der Waals surface area contributed by atoms with Gasteiger partial charge in [0.25, 0.3) is 5.91 Å². The fourth-order valence-corrected chi connectivity index (χ4v) is 3.14. The van der Waals surface area contributed by atoms with Crippen molar-refractivity contribution in [1.29, 1.82) is 0 Å². The lowest BCUT2D eigenvalue weighted by Gasteiger charge is -2.37. The zero-order valence-corrected chi connectivity index (χ0v) is 14.7. The number of aryl methyl sites for hydroxylation is 1. The highest BCUT2D eigenvalue weighted by Crippen LogP contribution is 2.29. The fourth-order valence-electron chi connectivity index (χ4n) is 3.14. The van der Waals surface area contributed by atoms with Crippen LogP contribution in [0.1, 0.15) is 22.8 Å². The number of hydrogen-bond donors (Lipinski definition) is 0. The number of ether oxygens (including phenoxy) is 1. The summed E-state index contributed by atoms with van der Waals surface area (Å²) in [5.74, 6) is 0.388. The number of hydrogen-bond acceptors (Lipinski definition) is 3. The molecule has 25 heavy (non-hydrogen) atoms. The minimum atomic E-state index is -0.377. The first-order chi connectivity index (χ1) is 12.1. The lowest BCUT2D eigenvalue weighted by molar-refractivity contribution is 0.0745. The maximum atomic E-state index is 13.5. The number of amides is 1. The smallest absolute Gasteiger partial charge is 0.254 e. The Bertz CT molecular complexity index is 755. The molecule has 1 aliphatic rings. The summed E-state index contributed by atoms with van der Waals surface area (Å²) < 4.78 is 19.2. The molecule has 0 bridgehead atoms. The lowest BCUT2D eigenvalue weighted by Crippen LogP contribution is -2.49. The number of benzene rings is 2. The Balaban J connectivity index is 1.70. The Morgan fingerprint density at radius 2 is 1.84 bits per heavy atom. The van der Waals surface area contributed by atoms with Gasteiger partial charge in [-0.3, -0.25) is 4.79 Å². The number of carbonyl (C=O) groups is 1. The van der Waals surface area contributed by atoms with Crippen molar-refractivity contribution in [3.63, 3.8) is 0 Å². The highest BCUT2D eigenvalue weighted by Gasteiger charge is 2.24. The van der Waals surface area contributed by atoms with E-state index in [2.05, 4.69) is 4.90 Å². The van der Waals surface area contributed by atoms with Crippen molar-refractivity contribution in [3.8, 4) is 5.75 Å². The van der Waals surface area contributed by atoms with E-state index < -0.39 is 0 Å². The Hall–Kier alpha value is -2.56. The van der Waals surface area contributed by atoms with E-state index in [1.54, 1.807) is 11.0 Å². The van der Waals surface area contributed by atoms with Gasteiger partial charge >= 0.3 is 0 Å². The maximum absolute atomic E-state index is 13.5.